The molecule has 1 aliphatic heterocycles. The molecule has 0 amide bonds. The maximum Gasteiger partial charge on any atom is 0.191 e. The van der Waals surface area contributed by atoms with Crippen molar-refractivity contribution in [3.63, 3.8) is 0 Å². The van der Waals surface area contributed by atoms with E-state index in [1.165, 1.54) is 5.56 Å². The Morgan fingerprint density at radius 1 is 1.23 bits per heavy atom. The van der Waals surface area contributed by atoms with Gasteiger partial charge in [0.05, 0.1) is 17.5 Å². The quantitative estimate of drug-likeness (QED) is 0.530. The van der Waals surface area contributed by atoms with Gasteiger partial charge >= 0.3 is 0 Å². The molecule has 26 heavy (non-hydrogen) atoms. The molecular formula is C19H32N4O2S. The minimum atomic E-state index is -2.84. The Kier molecular flexibility index (Phi) is 7.90. The van der Waals surface area contributed by atoms with Crippen LogP contribution >= 0.6 is 0 Å². The molecule has 0 radical (unpaired) electrons. The zero-order valence-electron chi connectivity index (χ0n) is 16.1. The van der Waals surface area contributed by atoms with Crippen LogP contribution in [0.25, 0.3) is 0 Å². The second-order valence-corrected chi connectivity index (χ2v) is 8.98. The molecule has 1 aromatic carbocycles. The number of rotatable bonds is 8. The van der Waals surface area contributed by atoms with Crippen LogP contribution in [0.3, 0.4) is 0 Å². The first-order valence-electron chi connectivity index (χ1n) is 9.43. The first-order valence-corrected chi connectivity index (χ1v) is 11.2. The van der Waals surface area contributed by atoms with Crippen LogP contribution in [-0.4, -0.2) is 64.0 Å². The van der Waals surface area contributed by atoms with Crippen LogP contribution in [0.2, 0.25) is 0 Å². The van der Waals surface area contributed by atoms with Gasteiger partial charge in [0.25, 0.3) is 0 Å². The van der Waals surface area contributed by atoms with E-state index in [9.17, 15) is 8.42 Å². The summed E-state index contributed by atoms with van der Waals surface area (Å²) in [4.78, 5) is 6.70. The van der Waals surface area contributed by atoms with Crippen LogP contribution in [-0.2, 0) is 9.84 Å². The minimum Gasteiger partial charge on any atom is -0.356 e. The number of sulfone groups is 1. The van der Waals surface area contributed by atoms with Gasteiger partial charge in [-0.2, -0.15) is 0 Å². The van der Waals surface area contributed by atoms with Crippen molar-refractivity contribution in [2.24, 2.45) is 10.9 Å². The van der Waals surface area contributed by atoms with Gasteiger partial charge in [0.15, 0.2) is 15.8 Å². The smallest absolute Gasteiger partial charge is 0.191 e. The molecule has 2 N–H and O–H groups in total. The van der Waals surface area contributed by atoms with Crippen molar-refractivity contribution in [2.45, 2.75) is 26.3 Å². The molecule has 2 rings (SSSR count). The Labute approximate surface area is 158 Å². The maximum absolute atomic E-state index is 11.6. The number of benzene rings is 1. The van der Waals surface area contributed by atoms with Crippen molar-refractivity contribution in [2.75, 3.05) is 44.7 Å². The van der Waals surface area contributed by atoms with Gasteiger partial charge in [-0.3, -0.25) is 9.89 Å². The van der Waals surface area contributed by atoms with Crippen LogP contribution in [0.1, 0.15) is 31.9 Å². The number of nitrogens with one attached hydrogen (secondary N) is 2. The summed E-state index contributed by atoms with van der Waals surface area (Å²) in [7, 11) is -1.09. The molecular weight excluding hydrogens is 348 g/mol. The van der Waals surface area contributed by atoms with Crippen molar-refractivity contribution in [1.82, 2.24) is 15.5 Å². The normalized spacial score (nSPS) is 20.9. The zero-order valence-corrected chi connectivity index (χ0v) is 16.9. The molecule has 0 bridgehead atoms. The van der Waals surface area contributed by atoms with E-state index in [1.807, 2.05) is 6.07 Å². The third kappa shape index (κ3) is 5.99. The number of likely N-dealkylation sites (N-methyl/N-ethyl adjacent to an activating group) is 1. The number of nitrogens with zero attached hydrogens (tertiary/aromatic N) is 2. The number of hydrogen-bond donors (Lipinski definition) is 2. The molecule has 1 saturated heterocycles. The summed E-state index contributed by atoms with van der Waals surface area (Å²) in [6.45, 7) is 7.68. The Balaban J connectivity index is 1.93. The molecule has 1 heterocycles. The van der Waals surface area contributed by atoms with Crippen LogP contribution in [0.15, 0.2) is 35.3 Å². The van der Waals surface area contributed by atoms with Gasteiger partial charge in [-0.15, -0.1) is 0 Å². The van der Waals surface area contributed by atoms with Gasteiger partial charge in [0, 0.05) is 20.1 Å². The van der Waals surface area contributed by atoms with Gasteiger partial charge < -0.3 is 10.6 Å². The van der Waals surface area contributed by atoms with E-state index >= 15 is 0 Å². The topological polar surface area (TPSA) is 73.8 Å². The molecule has 0 saturated carbocycles. The van der Waals surface area contributed by atoms with E-state index in [2.05, 4.69) is 58.6 Å². The van der Waals surface area contributed by atoms with E-state index < -0.39 is 9.84 Å². The third-order valence-corrected chi connectivity index (χ3v) is 6.85. The number of guanidine groups is 1. The zero-order chi connectivity index (χ0) is 19.0. The standard InChI is InChI=1S/C19H32N4O2S/c1-4-23(5-2)18(17-9-7-6-8-10-17)14-22-19(20-3)21-13-16-11-12-26(24,25)15-16/h6-10,16,18H,4-5,11-15H2,1-3H3,(H2,20,21,22). The lowest BCUT2D eigenvalue weighted by molar-refractivity contribution is 0.219. The lowest BCUT2D eigenvalue weighted by Gasteiger charge is -2.31. The van der Waals surface area contributed by atoms with Crippen molar-refractivity contribution in [1.29, 1.82) is 0 Å². The average Bonchev–Trinajstić information content (AvgIpc) is 3.00. The maximum atomic E-state index is 11.6. The molecule has 0 aliphatic carbocycles. The van der Waals surface area contributed by atoms with Crippen molar-refractivity contribution >= 4 is 15.8 Å². The molecule has 1 fully saturated rings. The Morgan fingerprint density at radius 3 is 2.46 bits per heavy atom. The monoisotopic (exact) mass is 380 g/mol. The predicted octanol–water partition coefficient (Wildman–Crippen LogP) is 1.67. The molecule has 1 aliphatic rings. The highest BCUT2D eigenvalue weighted by atomic mass is 32.2. The lowest BCUT2D eigenvalue weighted by Crippen LogP contribution is -2.44. The van der Waals surface area contributed by atoms with Crippen LogP contribution in [0.5, 0.6) is 0 Å². The molecule has 2 atom stereocenters. The SMILES string of the molecule is CCN(CC)C(CNC(=NC)NCC1CCS(=O)(=O)C1)c1ccccc1. The van der Waals surface area contributed by atoms with Crippen LogP contribution < -0.4 is 10.6 Å². The van der Waals surface area contributed by atoms with Crippen molar-refractivity contribution in [3.8, 4) is 0 Å². The number of aliphatic imine (C=N–C) groups is 1. The van der Waals surface area contributed by atoms with Gasteiger partial charge in [-0.05, 0) is 31.0 Å². The lowest BCUT2D eigenvalue weighted by atomic mass is 10.1. The summed E-state index contributed by atoms with van der Waals surface area (Å²) < 4.78 is 23.2. The van der Waals surface area contributed by atoms with E-state index in [0.717, 1.165) is 32.0 Å². The second kappa shape index (κ2) is 9.92. The molecule has 2 unspecified atom stereocenters. The Hall–Kier alpha value is -1.60. The summed E-state index contributed by atoms with van der Waals surface area (Å²) in [5.74, 6) is 1.49. The third-order valence-electron chi connectivity index (χ3n) is 5.01. The molecule has 0 aromatic heterocycles. The highest BCUT2D eigenvalue weighted by molar-refractivity contribution is 7.91. The first-order chi connectivity index (χ1) is 12.5. The highest BCUT2D eigenvalue weighted by Crippen LogP contribution is 2.20. The van der Waals surface area contributed by atoms with Gasteiger partial charge in [-0.25, -0.2) is 8.42 Å². The van der Waals surface area contributed by atoms with E-state index in [1.54, 1.807) is 7.05 Å². The summed E-state index contributed by atoms with van der Waals surface area (Å²) >= 11 is 0. The molecule has 7 heteroatoms. The van der Waals surface area contributed by atoms with E-state index in [4.69, 9.17) is 0 Å². The number of hydrogen-bond acceptors (Lipinski definition) is 4. The predicted molar refractivity (Wildman–Crippen MR) is 108 cm³/mol. The van der Waals surface area contributed by atoms with E-state index in [0.29, 0.717) is 12.3 Å². The van der Waals surface area contributed by atoms with E-state index in [-0.39, 0.29) is 17.7 Å². The largest absolute Gasteiger partial charge is 0.356 e. The highest BCUT2D eigenvalue weighted by Gasteiger charge is 2.27. The molecule has 0 spiro atoms. The molecule has 146 valence electrons. The fourth-order valence-electron chi connectivity index (χ4n) is 3.49. The summed E-state index contributed by atoms with van der Waals surface area (Å²) in [5.41, 5.74) is 1.28. The summed E-state index contributed by atoms with van der Waals surface area (Å²) in [6, 6.07) is 10.7. The fraction of sp³-hybridized carbons (Fsp3) is 0.632. The molecule has 6 nitrogen and oxygen atoms in total. The van der Waals surface area contributed by atoms with Gasteiger partial charge in [0.1, 0.15) is 0 Å². The molecule has 1 aromatic rings. The minimum absolute atomic E-state index is 0.172. The van der Waals surface area contributed by atoms with Gasteiger partial charge in [0.2, 0.25) is 0 Å². The van der Waals surface area contributed by atoms with Crippen molar-refractivity contribution in [3.05, 3.63) is 35.9 Å². The Bertz CT molecular complexity index is 672. The van der Waals surface area contributed by atoms with Gasteiger partial charge in [-0.1, -0.05) is 44.2 Å². The van der Waals surface area contributed by atoms with Crippen LogP contribution in [0.4, 0.5) is 0 Å². The fourth-order valence-corrected chi connectivity index (χ4v) is 5.35. The second-order valence-electron chi connectivity index (χ2n) is 6.75. The van der Waals surface area contributed by atoms with Crippen LogP contribution in [0, 0.1) is 5.92 Å². The summed E-state index contributed by atoms with van der Waals surface area (Å²) in [5, 5.41) is 6.70. The summed E-state index contributed by atoms with van der Waals surface area (Å²) in [6.07, 6.45) is 0.735. The first kappa shape index (κ1) is 20.7. The van der Waals surface area contributed by atoms with Crippen molar-refractivity contribution < 1.29 is 8.42 Å². The average molecular weight is 381 g/mol. The Morgan fingerprint density at radius 2 is 1.92 bits per heavy atom.